The highest BCUT2D eigenvalue weighted by atomic mass is 79.9. The van der Waals surface area contributed by atoms with E-state index in [0.29, 0.717) is 6.54 Å². The Morgan fingerprint density at radius 1 is 1.44 bits per heavy atom. The summed E-state index contributed by atoms with van der Waals surface area (Å²) in [5.41, 5.74) is 0. The molecule has 0 heterocycles. The topological polar surface area (TPSA) is 46.2 Å². The van der Waals surface area contributed by atoms with E-state index < -0.39 is 10.0 Å². The van der Waals surface area contributed by atoms with Crippen LogP contribution in [-0.4, -0.2) is 19.8 Å². The van der Waals surface area contributed by atoms with Crippen LogP contribution in [0.2, 0.25) is 5.02 Å². The number of nitrogens with one attached hydrogen (secondary N) is 1. The molecule has 1 N–H and O–H groups in total. The number of rotatable bonds is 5. The van der Waals surface area contributed by atoms with Crippen molar-refractivity contribution >= 4 is 37.6 Å². The van der Waals surface area contributed by atoms with Gasteiger partial charge >= 0.3 is 0 Å². The minimum absolute atomic E-state index is 0.118. The van der Waals surface area contributed by atoms with Gasteiger partial charge in [-0.05, 0) is 18.6 Å². The molecule has 1 atom stereocenters. The van der Waals surface area contributed by atoms with Crippen LogP contribution in [-0.2, 0) is 10.0 Å². The van der Waals surface area contributed by atoms with Crippen molar-refractivity contribution in [2.45, 2.75) is 23.1 Å². The zero-order valence-corrected chi connectivity index (χ0v) is 11.9. The van der Waals surface area contributed by atoms with Crippen LogP contribution in [0.3, 0.4) is 0 Å². The molecule has 1 unspecified atom stereocenters. The highest BCUT2D eigenvalue weighted by Crippen LogP contribution is 2.20. The van der Waals surface area contributed by atoms with Crippen LogP contribution in [0.4, 0.5) is 0 Å². The second-order valence-electron chi connectivity index (χ2n) is 3.29. The van der Waals surface area contributed by atoms with E-state index >= 15 is 0 Å². The summed E-state index contributed by atoms with van der Waals surface area (Å²) in [5, 5.41) is 0.234. The van der Waals surface area contributed by atoms with Crippen LogP contribution >= 0.6 is 27.5 Å². The van der Waals surface area contributed by atoms with Crippen LogP contribution in [0, 0.1) is 0 Å². The maximum Gasteiger partial charge on any atom is 0.242 e. The van der Waals surface area contributed by atoms with Gasteiger partial charge in [-0.2, -0.15) is 0 Å². The summed E-state index contributed by atoms with van der Waals surface area (Å²) in [6.45, 7) is 2.33. The molecule has 1 aromatic rings. The van der Waals surface area contributed by atoms with Crippen LogP contribution in [0.5, 0.6) is 0 Å². The lowest BCUT2D eigenvalue weighted by Crippen LogP contribution is -2.29. The number of sulfonamides is 1. The van der Waals surface area contributed by atoms with Crippen molar-refractivity contribution in [3.8, 4) is 0 Å². The second kappa shape index (κ2) is 6.00. The molecule has 1 aromatic carbocycles. The van der Waals surface area contributed by atoms with Gasteiger partial charge in [0.15, 0.2) is 0 Å². The van der Waals surface area contributed by atoms with Crippen LogP contribution in [0.15, 0.2) is 29.2 Å². The van der Waals surface area contributed by atoms with E-state index in [2.05, 4.69) is 20.7 Å². The van der Waals surface area contributed by atoms with E-state index in [9.17, 15) is 8.42 Å². The summed E-state index contributed by atoms with van der Waals surface area (Å²) in [4.78, 5) is 0.247. The fourth-order valence-corrected chi connectivity index (χ4v) is 3.06. The van der Waals surface area contributed by atoms with E-state index in [4.69, 9.17) is 11.6 Å². The third kappa shape index (κ3) is 3.73. The van der Waals surface area contributed by atoms with Gasteiger partial charge in [0.25, 0.3) is 0 Å². The van der Waals surface area contributed by atoms with Gasteiger partial charge in [0.2, 0.25) is 10.0 Å². The smallest absolute Gasteiger partial charge is 0.210 e. The van der Waals surface area contributed by atoms with Gasteiger partial charge < -0.3 is 0 Å². The van der Waals surface area contributed by atoms with Gasteiger partial charge in [-0.15, -0.1) is 0 Å². The fraction of sp³-hybridized carbons (Fsp3) is 0.400. The molecule has 0 radical (unpaired) electrons. The predicted molar refractivity (Wildman–Crippen MR) is 69.6 cm³/mol. The largest absolute Gasteiger partial charge is 0.242 e. The first-order valence-corrected chi connectivity index (χ1v) is 7.63. The number of alkyl halides is 1. The second-order valence-corrected chi connectivity index (χ2v) is 6.73. The van der Waals surface area contributed by atoms with Crippen LogP contribution in [0.1, 0.15) is 13.3 Å². The van der Waals surface area contributed by atoms with Gasteiger partial charge in [0.05, 0.1) is 5.02 Å². The van der Waals surface area contributed by atoms with E-state index in [1.165, 1.54) is 6.07 Å². The van der Waals surface area contributed by atoms with Crippen molar-refractivity contribution < 1.29 is 8.42 Å². The Morgan fingerprint density at radius 2 is 2.06 bits per heavy atom. The molecule has 0 aliphatic heterocycles. The Kier molecular flexibility index (Phi) is 5.24. The Morgan fingerprint density at radius 3 is 2.62 bits per heavy atom. The van der Waals surface area contributed by atoms with E-state index in [-0.39, 0.29) is 14.7 Å². The summed E-state index contributed by atoms with van der Waals surface area (Å²) in [5.74, 6) is 0. The van der Waals surface area contributed by atoms with E-state index in [1.807, 2.05) is 6.92 Å². The summed E-state index contributed by atoms with van der Waals surface area (Å²) in [7, 11) is -3.51. The zero-order chi connectivity index (χ0) is 12.2. The third-order valence-corrected chi connectivity index (χ3v) is 4.96. The average Bonchev–Trinajstić information content (AvgIpc) is 2.26. The van der Waals surface area contributed by atoms with Gasteiger partial charge in [-0.1, -0.05) is 46.6 Å². The van der Waals surface area contributed by atoms with Crippen molar-refractivity contribution in [3.63, 3.8) is 0 Å². The number of benzene rings is 1. The average molecular weight is 327 g/mol. The molecule has 3 nitrogen and oxygen atoms in total. The lowest BCUT2D eigenvalue weighted by molar-refractivity contribution is 0.580. The summed E-state index contributed by atoms with van der Waals surface area (Å²) in [6, 6.07) is 6.38. The summed E-state index contributed by atoms with van der Waals surface area (Å²) in [6.07, 6.45) is 0.852. The molecule has 1 rings (SSSR count). The van der Waals surface area contributed by atoms with Crippen molar-refractivity contribution in [2.75, 3.05) is 6.54 Å². The van der Waals surface area contributed by atoms with Gasteiger partial charge in [0.1, 0.15) is 4.90 Å². The van der Waals surface area contributed by atoms with Crippen LogP contribution in [0.25, 0.3) is 0 Å². The lowest BCUT2D eigenvalue weighted by Gasteiger charge is -2.10. The zero-order valence-electron chi connectivity index (χ0n) is 8.78. The predicted octanol–water partition coefficient (Wildman–Crippen LogP) is 2.79. The minimum Gasteiger partial charge on any atom is -0.210 e. The number of halogens is 2. The Balaban J connectivity index is 2.83. The Hall–Kier alpha value is -0.100. The maximum absolute atomic E-state index is 11.9. The molecule has 90 valence electrons. The van der Waals surface area contributed by atoms with Gasteiger partial charge in [-0.25, -0.2) is 13.1 Å². The van der Waals surface area contributed by atoms with E-state index in [0.717, 1.165) is 6.42 Å². The van der Waals surface area contributed by atoms with Gasteiger partial charge in [-0.3, -0.25) is 0 Å². The molecule has 6 heteroatoms. The minimum atomic E-state index is -3.51. The molecular formula is C10H13BrClNO2S. The van der Waals surface area contributed by atoms with Crippen molar-refractivity contribution in [1.82, 2.24) is 4.72 Å². The van der Waals surface area contributed by atoms with Crippen LogP contribution < -0.4 is 4.72 Å². The van der Waals surface area contributed by atoms with E-state index in [1.54, 1.807) is 18.2 Å². The normalized spacial score (nSPS) is 13.7. The number of hydrogen-bond acceptors (Lipinski definition) is 2. The van der Waals surface area contributed by atoms with Crippen molar-refractivity contribution in [2.24, 2.45) is 0 Å². The fourth-order valence-electron chi connectivity index (χ4n) is 1.08. The highest BCUT2D eigenvalue weighted by molar-refractivity contribution is 9.09. The van der Waals surface area contributed by atoms with Crippen molar-refractivity contribution in [3.05, 3.63) is 29.3 Å². The van der Waals surface area contributed by atoms with Crippen molar-refractivity contribution in [1.29, 1.82) is 0 Å². The summed E-state index contributed by atoms with van der Waals surface area (Å²) >= 11 is 9.19. The molecule has 0 fully saturated rings. The molecule has 0 aromatic heterocycles. The first kappa shape index (κ1) is 14.0. The molecular weight excluding hydrogens is 314 g/mol. The highest BCUT2D eigenvalue weighted by Gasteiger charge is 2.17. The molecule has 0 spiro atoms. The maximum atomic E-state index is 11.9. The molecule has 0 bridgehead atoms. The Bertz CT molecular complexity index is 450. The SMILES string of the molecule is CCC(Br)CNS(=O)(=O)c1ccccc1Cl. The lowest BCUT2D eigenvalue weighted by atomic mass is 10.3. The first-order valence-electron chi connectivity index (χ1n) is 4.85. The molecule has 0 aliphatic rings. The quantitative estimate of drug-likeness (QED) is 0.846. The molecule has 16 heavy (non-hydrogen) atoms. The third-order valence-electron chi connectivity index (χ3n) is 2.06. The molecule has 0 amide bonds. The number of hydrogen-bond donors (Lipinski definition) is 1. The molecule has 0 aliphatic carbocycles. The Labute approximate surface area is 109 Å². The monoisotopic (exact) mass is 325 g/mol. The molecule has 0 saturated carbocycles. The molecule has 0 saturated heterocycles. The standard InChI is InChI=1S/C10H13BrClNO2S/c1-2-8(11)7-13-16(14,15)10-6-4-3-5-9(10)12/h3-6,8,13H,2,7H2,1H3. The first-order chi connectivity index (χ1) is 7.47. The van der Waals surface area contributed by atoms with Gasteiger partial charge in [0, 0.05) is 11.4 Å². The summed E-state index contributed by atoms with van der Waals surface area (Å²) < 4.78 is 26.2.